The molecule has 1 aliphatic rings. The molecule has 2 aromatic carbocycles. The third-order valence-corrected chi connectivity index (χ3v) is 4.44. The molecule has 138 valence electrons. The van der Waals surface area contributed by atoms with E-state index in [4.69, 9.17) is 27.3 Å². The van der Waals surface area contributed by atoms with Crippen molar-refractivity contribution in [2.75, 3.05) is 6.54 Å². The van der Waals surface area contributed by atoms with E-state index in [1.54, 1.807) is 6.07 Å². The molecule has 0 radical (unpaired) electrons. The van der Waals surface area contributed by atoms with Crippen molar-refractivity contribution in [2.24, 2.45) is 5.73 Å². The summed E-state index contributed by atoms with van der Waals surface area (Å²) in [6, 6.07) is 8.37. The predicted octanol–water partition coefficient (Wildman–Crippen LogP) is 2.89. The van der Waals surface area contributed by atoms with Crippen LogP contribution in [0.4, 0.5) is 13.6 Å². The molecule has 1 fully saturated rings. The number of nitriles is 1. The quantitative estimate of drug-likeness (QED) is 0.866. The minimum absolute atomic E-state index is 0.160. The molecule has 1 aliphatic heterocycles. The third kappa shape index (κ3) is 3.55. The Bertz CT molecular complexity index is 977. The summed E-state index contributed by atoms with van der Waals surface area (Å²) in [5.74, 6) is -2.20. The van der Waals surface area contributed by atoms with Gasteiger partial charge < -0.3 is 10.5 Å². The van der Waals surface area contributed by atoms with Gasteiger partial charge in [0.05, 0.1) is 23.2 Å². The molecule has 0 spiro atoms. The zero-order chi connectivity index (χ0) is 19.7. The van der Waals surface area contributed by atoms with Crippen LogP contribution in [0.25, 0.3) is 0 Å². The van der Waals surface area contributed by atoms with Gasteiger partial charge in [-0.3, -0.25) is 9.69 Å². The van der Waals surface area contributed by atoms with E-state index in [-0.39, 0.29) is 17.1 Å². The van der Waals surface area contributed by atoms with Crippen molar-refractivity contribution in [3.05, 3.63) is 69.7 Å². The summed E-state index contributed by atoms with van der Waals surface area (Å²) in [7, 11) is 0. The maximum absolute atomic E-state index is 13.7. The van der Waals surface area contributed by atoms with Crippen LogP contribution in [-0.2, 0) is 9.53 Å². The molecule has 27 heavy (non-hydrogen) atoms. The Labute approximate surface area is 157 Å². The van der Waals surface area contributed by atoms with Crippen LogP contribution in [0.15, 0.2) is 36.4 Å². The second-order valence-electron chi connectivity index (χ2n) is 5.85. The molecule has 1 heterocycles. The van der Waals surface area contributed by atoms with Crippen LogP contribution < -0.4 is 5.73 Å². The van der Waals surface area contributed by atoms with E-state index in [1.807, 2.05) is 0 Å². The normalized spacial score (nSPS) is 17.3. The number of hydrogen-bond donors (Lipinski definition) is 1. The SMILES string of the molecule is N#Cc1cc([C@H](c2ccc(F)c(Cl)c2)N2CC(C(N)=O)OC2=O)ccc1F. The zero-order valence-electron chi connectivity index (χ0n) is 13.7. The zero-order valence-corrected chi connectivity index (χ0v) is 14.4. The second-order valence-corrected chi connectivity index (χ2v) is 6.26. The molecule has 0 saturated carbocycles. The Balaban J connectivity index is 2.12. The first-order valence-corrected chi connectivity index (χ1v) is 8.10. The maximum Gasteiger partial charge on any atom is 0.411 e. The van der Waals surface area contributed by atoms with Crippen molar-refractivity contribution in [2.45, 2.75) is 12.1 Å². The van der Waals surface area contributed by atoms with E-state index >= 15 is 0 Å². The summed E-state index contributed by atoms with van der Waals surface area (Å²) in [6.45, 7) is -0.160. The summed E-state index contributed by atoms with van der Waals surface area (Å²) in [6.07, 6.45) is -1.99. The van der Waals surface area contributed by atoms with Crippen molar-refractivity contribution in [1.82, 2.24) is 4.90 Å². The van der Waals surface area contributed by atoms with Crippen molar-refractivity contribution in [3.8, 4) is 6.07 Å². The number of cyclic esters (lactones) is 1. The number of primary amides is 1. The van der Waals surface area contributed by atoms with Crippen molar-refractivity contribution in [1.29, 1.82) is 5.26 Å². The molecule has 0 aromatic heterocycles. The number of halogens is 3. The fourth-order valence-electron chi connectivity index (χ4n) is 2.87. The lowest BCUT2D eigenvalue weighted by Gasteiger charge is -2.27. The fraction of sp³-hybridized carbons (Fsp3) is 0.167. The Kier molecular flexibility index (Phi) is 4.97. The highest BCUT2D eigenvalue weighted by molar-refractivity contribution is 6.30. The summed E-state index contributed by atoms with van der Waals surface area (Å²) in [4.78, 5) is 24.9. The average molecular weight is 392 g/mol. The van der Waals surface area contributed by atoms with Gasteiger partial charge in [0.25, 0.3) is 5.91 Å². The molecule has 1 unspecified atom stereocenters. The van der Waals surface area contributed by atoms with Crippen molar-refractivity contribution < 1.29 is 23.1 Å². The Morgan fingerprint density at radius 1 is 1.26 bits per heavy atom. The van der Waals surface area contributed by atoms with Gasteiger partial charge in [-0.1, -0.05) is 23.7 Å². The standard InChI is InChI=1S/C18H12ClF2N3O3/c19-12-6-10(2-4-14(12)21)16(9-1-3-13(20)11(5-9)7-22)24-8-15(17(23)25)27-18(24)26/h1-6,15-16H,8H2,(H2,23,25)/t15?,16-/m1/s1. The third-order valence-electron chi connectivity index (χ3n) is 4.16. The fourth-order valence-corrected chi connectivity index (χ4v) is 3.06. The smallest absolute Gasteiger partial charge is 0.411 e. The van der Waals surface area contributed by atoms with E-state index in [0.717, 1.165) is 12.1 Å². The first-order chi connectivity index (χ1) is 12.8. The molecule has 1 saturated heterocycles. The Morgan fingerprint density at radius 2 is 1.89 bits per heavy atom. The van der Waals surface area contributed by atoms with E-state index in [9.17, 15) is 18.4 Å². The number of ether oxygens (including phenoxy) is 1. The van der Waals surface area contributed by atoms with Gasteiger partial charge in [0.15, 0.2) is 6.10 Å². The summed E-state index contributed by atoms with van der Waals surface area (Å²) >= 11 is 5.86. The summed E-state index contributed by atoms with van der Waals surface area (Å²) in [5, 5.41) is 8.90. The number of rotatable bonds is 4. The molecule has 2 amide bonds. The summed E-state index contributed by atoms with van der Waals surface area (Å²) < 4.78 is 32.2. The number of carbonyl (C=O) groups is 2. The van der Waals surface area contributed by atoms with E-state index < -0.39 is 35.8 Å². The van der Waals surface area contributed by atoms with Crippen LogP contribution in [0, 0.1) is 23.0 Å². The van der Waals surface area contributed by atoms with Gasteiger partial charge >= 0.3 is 6.09 Å². The molecule has 2 aromatic rings. The van der Waals surface area contributed by atoms with Crippen LogP contribution in [0.1, 0.15) is 22.7 Å². The van der Waals surface area contributed by atoms with Gasteiger partial charge in [-0.15, -0.1) is 0 Å². The molecule has 2 atom stereocenters. The van der Waals surface area contributed by atoms with Crippen LogP contribution in [0.5, 0.6) is 0 Å². The number of hydrogen-bond acceptors (Lipinski definition) is 4. The minimum Gasteiger partial charge on any atom is -0.434 e. The highest BCUT2D eigenvalue weighted by Gasteiger charge is 2.40. The van der Waals surface area contributed by atoms with Crippen molar-refractivity contribution >= 4 is 23.6 Å². The molecule has 2 N–H and O–H groups in total. The van der Waals surface area contributed by atoms with E-state index in [0.29, 0.717) is 11.1 Å². The molecule has 6 nitrogen and oxygen atoms in total. The number of nitrogens with two attached hydrogens (primary N) is 1. The van der Waals surface area contributed by atoms with Crippen molar-refractivity contribution in [3.63, 3.8) is 0 Å². The monoisotopic (exact) mass is 391 g/mol. The Hall–Kier alpha value is -3.18. The maximum atomic E-state index is 13.7. The highest BCUT2D eigenvalue weighted by atomic mass is 35.5. The van der Waals surface area contributed by atoms with Crippen LogP contribution in [-0.4, -0.2) is 29.5 Å². The van der Waals surface area contributed by atoms with E-state index in [2.05, 4.69) is 0 Å². The molecule has 0 bridgehead atoms. The van der Waals surface area contributed by atoms with Gasteiger partial charge in [0.1, 0.15) is 17.7 Å². The average Bonchev–Trinajstić information content (AvgIpc) is 3.01. The number of nitrogens with zero attached hydrogens (tertiary/aromatic N) is 2. The molecular formula is C18H12ClF2N3O3. The van der Waals surface area contributed by atoms with Gasteiger partial charge in [0, 0.05) is 0 Å². The lowest BCUT2D eigenvalue weighted by atomic mass is 9.95. The van der Waals surface area contributed by atoms with Gasteiger partial charge in [-0.05, 0) is 35.4 Å². The first-order valence-electron chi connectivity index (χ1n) is 7.73. The molecule has 9 heteroatoms. The van der Waals surface area contributed by atoms with Gasteiger partial charge in [-0.25, -0.2) is 13.6 Å². The molecule has 3 rings (SSSR count). The predicted molar refractivity (Wildman–Crippen MR) is 90.5 cm³/mol. The second kappa shape index (κ2) is 7.21. The van der Waals surface area contributed by atoms with Crippen LogP contribution in [0.3, 0.4) is 0 Å². The van der Waals surface area contributed by atoms with Crippen LogP contribution in [0.2, 0.25) is 5.02 Å². The lowest BCUT2D eigenvalue weighted by Crippen LogP contribution is -2.34. The molecule has 0 aliphatic carbocycles. The lowest BCUT2D eigenvalue weighted by molar-refractivity contribution is -0.124. The van der Waals surface area contributed by atoms with E-state index in [1.165, 1.54) is 29.2 Å². The topological polar surface area (TPSA) is 96.4 Å². The summed E-state index contributed by atoms with van der Waals surface area (Å²) in [5.41, 5.74) is 5.72. The number of benzene rings is 2. The van der Waals surface area contributed by atoms with Crippen LogP contribution >= 0.6 is 11.6 Å². The largest absolute Gasteiger partial charge is 0.434 e. The van der Waals surface area contributed by atoms with Gasteiger partial charge in [0.2, 0.25) is 0 Å². The first kappa shape index (κ1) is 18.6. The highest BCUT2D eigenvalue weighted by Crippen LogP contribution is 2.34. The number of amides is 2. The molecular weight excluding hydrogens is 380 g/mol. The minimum atomic E-state index is -1.16. The van der Waals surface area contributed by atoms with Gasteiger partial charge in [-0.2, -0.15) is 5.26 Å². The number of carbonyl (C=O) groups excluding carboxylic acids is 2. The Morgan fingerprint density at radius 3 is 2.44 bits per heavy atom.